The first-order chi connectivity index (χ1) is 16.1. The molecule has 2 amide bonds. The lowest BCUT2D eigenvalue weighted by Crippen LogP contribution is -2.30. The minimum Gasteiger partial charge on any atom is -0.478 e. The van der Waals surface area contributed by atoms with Crippen LogP contribution < -0.4 is 15.4 Å². The Morgan fingerprint density at radius 2 is 1.42 bits per heavy atom. The van der Waals surface area contributed by atoms with Gasteiger partial charge in [0.2, 0.25) is 5.88 Å². The third-order valence-corrected chi connectivity index (χ3v) is 6.12. The van der Waals surface area contributed by atoms with Gasteiger partial charge in [0.1, 0.15) is 11.3 Å². The number of carbonyl (C=O) groups is 2. The quantitative estimate of drug-likeness (QED) is 0.511. The van der Waals surface area contributed by atoms with E-state index in [1.807, 2.05) is 79.1 Å². The Morgan fingerprint density at radius 1 is 0.879 bits per heavy atom. The first-order valence-electron chi connectivity index (χ1n) is 11.7. The van der Waals surface area contributed by atoms with Crippen molar-refractivity contribution in [2.75, 3.05) is 6.61 Å². The number of ether oxygens (including phenoxy) is 1. The van der Waals surface area contributed by atoms with Crippen molar-refractivity contribution in [2.24, 2.45) is 0 Å². The predicted molar refractivity (Wildman–Crippen MR) is 128 cm³/mol. The third kappa shape index (κ3) is 4.95. The molecule has 33 heavy (non-hydrogen) atoms. The molecule has 2 aromatic carbocycles. The van der Waals surface area contributed by atoms with E-state index >= 15 is 0 Å². The molecule has 0 radical (unpaired) electrons. The molecule has 0 saturated heterocycles. The molecule has 0 spiro atoms. The van der Waals surface area contributed by atoms with E-state index in [9.17, 15) is 9.59 Å². The van der Waals surface area contributed by atoms with Crippen LogP contribution in [0.25, 0.3) is 0 Å². The first-order valence-corrected chi connectivity index (χ1v) is 11.7. The van der Waals surface area contributed by atoms with Gasteiger partial charge in [-0.25, -0.2) is 0 Å². The maximum Gasteiger partial charge on any atom is 0.268 e. The second-order valence-electron chi connectivity index (χ2n) is 8.29. The molecule has 0 fully saturated rings. The Bertz CT molecular complexity index is 1010. The normalized spacial score (nSPS) is 14.5. The lowest BCUT2D eigenvalue weighted by atomic mass is 10.0. The minimum atomic E-state index is -0.231. The highest BCUT2D eigenvalue weighted by Crippen LogP contribution is 2.30. The van der Waals surface area contributed by atoms with Crippen LogP contribution in [0.1, 0.15) is 77.2 Å². The van der Waals surface area contributed by atoms with Crippen molar-refractivity contribution < 1.29 is 14.3 Å². The van der Waals surface area contributed by atoms with Gasteiger partial charge in [-0.15, -0.1) is 0 Å². The summed E-state index contributed by atoms with van der Waals surface area (Å²) in [5, 5.41) is 6.25. The smallest absolute Gasteiger partial charge is 0.268 e. The van der Waals surface area contributed by atoms with Crippen LogP contribution in [0.3, 0.4) is 0 Å². The summed E-state index contributed by atoms with van der Waals surface area (Å²) in [4.78, 5) is 26.5. The van der Waals surface area contributed by atoms with Gasteiger partial charge in [0, 0.05) is 6.54 Å². The number of benzene rings is 2. The van der Waals surface area contributed by atoms with Crippen molar-refractivity contribution in [1.82, 2.24) is 15.2 Å². The Balaban J connectivity index is 1.58. The van der Waals surface area contributed by atoms with Gasteiger partial charge in [-0.2, -0.15) is 0 Å². The van der Waals surface area contributed by atoms with Crippen LogP contribution in [0.15, 0.2) is 66.7 Å². The standard InChI is InChI=1S/C27H31N3O3/c1-3-22(19-12-7-5-8-13-19)28-25(31)21-18-24(30-16-11-17-33-27(21)30)26(32)29-23(4-2)20-14-9-6-10-15-20/h5-10,12-15,18,22-23H,3-4,11,16-17H2,1-2H3,(H,28,31)(H,29,32)/t22-,23-/m1/s1. The topological polar surface area (TPSA) is 72.4 Å². The van der Waals surface area contributed by atoms with E-state index in [2.05, 4.69) is 10.6 Å². The average molecular weight is 446 g/mol. The zero-order valence-electron chi connectivity index (χ0n) is 19.2. The molecule has 2 N–H and O–H groups in total. The lowest BCUT2D eigenvalue weighted by molar-refractivity contribution is 0.0913. The van der Waals surface area contributed by atoms with Crippen molar-refractivity contribution in [1.29, 1.82) is 0 Å². The third-order valence-electron chi connectivity index (χ3n) is 6.12. The molecule has 4 rings (SSSR count). The SMILES string of the molecule is CC[C@@H](NC(=O)c1cc(C(=O)N[C@H](CC)c2ccccc2)n2c1OCCC2)c1ccccc1. The molecule has 3 aromatic rings. The Morgan fingerprint density at radius 3 is 1.97 bits per heavy atom. The van der Waals surface area contributed by atoms with Crippen molar-refractivity contribution >= 4 is 11.8 Å². The number of fused-ring (bicyclic) bond motifs is 1. The fourth-order valence-corrected chi connectivity index (χ4v) is 4.33. The van der Waals surface area contributed by atoms with Gasteiger partial charge in [0.05, 0.1) is 18.7 Å². The summed E-state index contributed by atoms with van der Waals surface area (Å²) in [5.74, 6) is 0.0386. The van der Waals surface area contributed by atoms with E-state index in [-0.39, 0.29) is 23.9 Å². The Labute approximate surface area is 195 Å². The van der Waals surface area contributed by atoms with Crippen molar-refractivity contribution in [3.8, 4) is 5.88 Å². The summed E-state index contributed by atoms with van der Waals surface area (Å²) in [6, 6.07) is 21.3. The maximum atomic E-state index is 13.3. The summed E-state index contributed by atoms with van der Waals surface area (Å²) >= 11 is 0. The number of nitrogens with one attached hydrogen (secondary N) is 2. The molecule has 0 aliphatic carbocycles. The van der Waals surface area contributed by atoms with Gasteiger partial charge in [0.15, 0.2) is 0 Å². The van der Waals surface area contributed by atoms with E-state index < -0.39 is 0 Å². The number of rotatable bonds is 8. The average Bonchev–Trinajstić information content (AvgIpc) is 3.26. The fraction of sp³-hybridized carbons (Fsp3) is 0.333. The van der Waals surface area contributed by atoms with Crippen molar-refractivity contribution in [3.63, 3.8) is 0 Å². The van der Waals surface area contributed by atoms with Crippen LogP contribution in [-0.4, -0.2) is 23.0 Å². The van der Waals surface area contributed by atoms with Gasteiger partial charge in [-0.1, -0.05) is 74.5 Å². The largest absolute Gasteiger partial charge is 0.478 e. The van der Waals surface area contributed by atoms with E-state index in [4.69, 9.17) is 4.74 Å². The second kappa shape index (κ2) is 10.4. The number of amides is 2. The summed E-state index contributed by atoms with van der Waals surface area (Å²) in [7, 11) is 0. The lowest BCUT2D eigenvalue weighted by Gasteiger charge is -2.22. The van der Waals surface area contributed by atoms with Gasteiger partial charge in [-0.05, 0) is 36.5 Å². The highest BCUT2D eigenvalue weighted by Gasteiger charge is 2.29. The molecule has 1 aliphatic heterocycles. The molecule has 0 bridgehead atoms. The molecule has 1 aromatic heterocycles. The van der Waals surface area contributed by atoms with Crippen LogP contribution in [0, 0.1) is 0 Å². The Kier molecular flexibility index (Phi) is 7.13. The fourth-order valence-electron chi connectivity index (χ4n) is 4.33. The highest BCUT2D eigenvalue weighted by molar-refractivity contribution is 6.02. The predicted octanol–water partition coefficient (Wildman–Crippen LogP) is 5.03. The zero-order valence-corrected chi connectivity index (χ0v) is 19.2. The maximum absolute atomic E-state index is 13.3. The molecule has 1 aliphatic rings. The van der Waals surface area contributed by atoms with Crippen LogP contribution in [0.2, 0.25) is 0 Å². The minimum absolute atomic E-state index is 0.103. The van der Waals surface area contributed by atoms with Gasteiger partial charge < -0.3 is 19.9 Å². The molecule has 0 saturated carbocycles. The van der Waals surface area contributed by atoms with Gasteiger partial charge >= 0.3 is 0 Å². The molecule has 0 unspecified atom stereocenters. The van der Waals surface area contributed by atoms with Gasteiger partial charge in [0.25, 0.3) is 11.8 Å². The van der Waals surface area contributed by atoms with E-state index in [1.54, 1.807) is 6.07 Å². The van der Waals surface area contributed by atoms with Crippen molar-refractivity contribution in [3.05, 3.63) is 89.1 Å². The molecule has 6 heteroatoms. The molecular weight excluding hydrogens is 414 g/mol. The second-order valence-corrected chi connectivity index (χ2v) is 8.29. The molecule has 2 atom stereocenters. The zero-order chi connectivity index (χ0) is 23.2. The van der Waals surface area contributed by atoms with E-state index in [1.165, 1.54) is 0 Å². The van der Waals surface area contributed by atoms with E-state index in [0.717, 1.165) is 30.4 Å². The van der Waals surface area contributed by atoms with Crippen LogP contribution in [0.5, 0.6) is 5.88 Å². The molecule has 172 valence electrons. The van der Waals surface area contributed by atoms with Crippen LogP contribution in [0.4, 0.5) is 0 Å². The number of hydrogen-bond acceptors (Lipinski definition) is 3. The Hall–Kier alpha value is -3.54. The summed E-state index contributed by atoms with van der Waals surface area (Å²) < 4.78 is 7.69. The highest BCUT2D eigenvalue weighted by atomic mass is 16.5. The van der Waals surface area contributed by atoms with Gasteiger partial charge in [-0.3, -0.25) is 9.59 Å². The summed E-state index contributed by atoms with van der Waals surface area (Å²) in [6.45, 7) is 5.26. The summed E-state index contributed by atoms with van der Waals surface area (Å²) in [6.07, 6.45) is 2.32. The molecular formula is C27H31N3O3. The number of aromatic nitrogens is 1. The monoisotopic (exact) mass is 445 g/mol. The van der Waals surface area contributed by atoms with Crippen molar-refractivity contribution in [2.45, 2.75) is 51.7 Å². The molecule has 6 nitrogen and oxygen atoms in total. The first kappa shape index (κ1) is 22.6. The number of hydrogen-bond donors (Lipinski definition) is 2. The van der Waals surface area contributed by atoms with E-state index in [0.29, 0.717) is 30.3 Å². The molecule has 2 heterocycles. The number of nitrogens with zero attached hydrogens (tertiary/aromatic N) is 1. The number of carbonyl (C=O) groups excluding carboxylic acids is 2. The summed E-state index contributed by atoms with van der Waals surface area (Å²) in [5.41, 5.74) is 2.97. The van der Waals surface area contributed by atoms with Crippen LogP contribution in [-0.2, 0) is 6.54 Å². The van der Waals surface area contributed by atoms with Crippen LogP contribution >= 0.6 is 0 Å².